The van der Waals surface area contributed by atoms with Gasteiger partial charge in [-0.1, -0.05) is 11.8 Å². The van der Waals surface area contributed by atoms with Crippen LogP contribution in [0.15, 0.2) is 18.2 Å². The SMILES string of the molecule is CC(=O)c1ccc(F)c(C#CCCO)c1. The van der Waals surface area contributed by atoms with Crippen molar-refractivity contribution in [2.24, 2.45) is 0 Å². The van der Waals surface area contributed by atoms with E-state index in [4.69, 9.17) is 5.11 Å². The van der Waals surface area contributed by atoms with E-state index in [-0.39, 0.29) is 18.0 Å². The normalized spacial score (nSPS) is 9.27. The van der Waals surface area contributed by atoms with E-state index in [1.807, 2.05) is 0 Å². The number of benzene rings is 1. The second kappa shape index (κ2) is 5.28. The number of rotatable bonds is 2. The Bertz CT molecular complexity index is 427. The van der Waals surface area contributed by atoms with Crippen LogP contribution in [0.4, 0.5) is 4.39 Å². The number of aliphatic hydroxyl groups excluding tert-OH is 1. The molecule has 1 aromatic rings. The van der Waals surface area contributed by atoms with Crippen LogP contribution < -0.4 is 0 Å². The van der Waals surface area contributed by atoms with Crippen molar-refractivity contribution in [3.63, 3.8) is 0 Å². The number of aliphatic hydroxyl groups is 1. The van der Waals surface area contributed by atoms with Crippen LogP contribution in [-0.4, -0.2) is 17.5 Å². The summed E-state index contributed by atoms with van der Waals surface area (Å²) in [4.78, 5) is 11.0. The van der Waals surface area contributed by atoms with Crippen LogP contribution in [0.2, 0.25) is 0 Å². The molecule has 1 aromatic carbocycles. The second-order valence-corrected chi connectivity index (χ2v) is 3.03. The van der Waals surface area contributed by atoms with Crippen LogP contribution in [-0.2, 0) is 0 Å². The lowest BCUT2D eigenvalue weighted by atomic mass is 10.1. The maximum Gasteiger partial charge on any atom is 0.159 e. The maximum atomic E-state index is 13.2. The van der Waals surface area contributed by atoms with E-state index in [0.717, 1.165) is 0 Å². The first-order valence-electron chi connectivity index (χ1n) is 4.55. The Hall–Kier alpha value is -1.66. The molecule has 0 radical (unpaired) electrons. The Kier molecular flexibility index (Phi) is 4.02. The monoisotopic (exact) mass is 206 g/mol. The molecule has 0 unspecified atom stereocenters. The van der Waals surface area contributed by atoms with Gasteiger partial charge in [-0.25, -0.2) is 4.39 Å². The van der Waals surface area contributed by atoms with Crippen molar-refractivity contribution in [3.05, 3.63) is 35.1 Å². The van der Waals surface area contributed by atoms with Crippen LogP contribution in [0, 0.1) is 17.7 Å². The first-order chi connectivity index (χ1) is 7.15. The molecule has 0 aromatic heterocycles. The van der Waals surface area contributed by atoms with E-state index in [2.05, 4.69) is 11.8 Å². The van der Waals surface area contributed by atoms with Gasteiger partial charge in [-0.05, 0) is 25.1 Å². The van der Waals surface area contributed by atoms with Gasteiger partial charge in [-0.15, -0.1) is 0 Å². The Balaban J connectivity index is 3.02. The quantitative estimate of drug-likeness (QED) is 0.591. The highest BCUT2D eigenvalue weighted by molar-refractivity contribution is 5.94. The summed E-state index contributed by atoms with van der Waals surface area (Å²) in [5.41, 5.74) is 0.626. The van der Waals surface area contributed by atoms with Crippen LogP contribution in [0.1, 0.15) is 29.3 Å². The van der Waals surface area contributed by atoms with Gasteiger partial charge in [-0.2, -0.15) is 0 Å². The van der Waals surface area contributed by atoms with Gasteiger partial charge >= 0.3 is 0 Å². The summed E-state index contributed by atoms with van der Waals surface area (Å²) < 4.78 is 13.2. The highest BCUT2D eigenvalue weighted by Crippen LogP contribution is 2.10. The molecule has 0 heterocycles. The van der Waals surface area contributed by atoms with Gasteiger partial charge in [0, 0.05) is 12.0 Å². The smallest absolute Gasteiger partial charge is 0.159 e. The standard InChI is InChI=1S/C12H11FO2/c1-9(15)10-5-6-12(13)11(8-10)4-2-3-7-14/h5-6,8,14H,3,7H2,1H3. The Labute approximate surface area is 87.7 Å². The molecule has 15 heavy (non-hydrogen) atoms. The molecule has 0 saturated carbocycles. The summed E-state index contributed by atoms with van der Waals surface area (Å²) in [6, 6.07) is 4.07. The number of ketones is 1. The fourth-order valence-electron chi connectivity index (χ4n) is 1.05. The molecule has 0 saturated heterocycles. The average Bonchev–Trinajstić information content (AvgIpc) is 2.20. The van der Waals surface area contributed by atoms with Crippen LogP contribution in [0.3, 0.4) is 0 Å². The summed E-state index contributed by atoms with van der Waals surface area (Å²) in [7, 11) is 0. The Morgan fingerprint density at radius 2 is 2.27 bits per heavy atom. The van der Waals surface area contributed by atoms with E-state index >= 15 is 0 Å². The van der Waals surface area contributed by atoms with E-state index in [9.17, 15) is 9.18 Å². The number of Topliss-reactive ketones (excluding diaryl/α,β-unsaturated/α-hetero) is 1. The molecular weight excluding hydrogens is 195 g/mol. The predicted molar refractivity (Wildman–Crippen MR) is 55.0 cm³/mol. The van der Waals surface area contributed by atoms with Gasteiger partial charge in [0.25, 0.3) is 0 Å². The molecule has 0 aliphatic rings. The van der Waals surface area contributed by atoms with Gasteiger partial charge in [0.2, 0.25) is 0 Å². The molecule has 0 amide bonds. The third-order valence-corrected chi connectivity index (χ3v) is 1.83. The lowest BCUT2D eigenvalue weighted by molar-refractivity contribution is 0.101. The number of halogens is 1. The molecule has 0 aliphatic heterocycles. The zero-order valence-electron chi connectivity index (χ0n) is 8.38. The summed E-state index contributed by atoms with van der Waals surface area (Å²) in [6.45, 7) is 1.36. The molecule has 1 N–H and O–H groups in total. The predicted octanol–water partition coefficient (Wildman–Crippen LogP) is 1.76. The van der Waals surface area contributed by atoms with Crippen molar-refractivity contribution in [2.75, 3.05) is 6.61 Å². The first kappa shape index (κ1) is 11.4. The molecule has 0 aliphatic carbocycles. The minimum absolute atomic E-state index is 0.0545. The molecule has 0 atom stereocenters. The molecule has 1 rings (SSSR count). The van der Waals surface area contributed by atoms with Gasteiger partial charge in [0.05, 0.1) is 12.2 Å². The lowest BCUT2D eigenvalue weighted by Gasteiger charge is -1.97. The van der Waals surface area contributed by atoms with Gasteiger partial charge in [0.1, 0.15) is 5.82 Å². The molecule has 78 valence electrons. The van der Waals surface area contributed by atoms with Gasteiger partial charge in [-0.3, -0.25) is 4.79 Å². The van der Waals surface area contributed by atoms with Crippen molar-refractivity contribution in [3.8, 4) is 11.8 Å². The number of carbonyl (C=O) groups excluding carboxylic acids is 1. The molecule has 3 heteroatoms. The zero-order chi connectivity index (χ0) is 11.3. The highest BCUT2D eigenvalue weighted by Gasteiger charge is 2.03. The maximum absolute atomic E-state index is 13.2. The summed E-state index contributed by atoms with van der Waals surface area (Å²) in [6.07, 6.45) is 0.295. The molecule has 0 spiro atoms. The first-order valence-corrected chi connectivity index (χ1v) is 4.55. The van der Waals surface area contributed by atoms with Crippen molar-refractivity contribution in [1.82, 2.24) is 0 Å². The van der Waals surface area contributed by atoms with E-state index in [1.54, 1.807) is 0 Å². The summed E-state index contributed by atoms with van der Waals surface area (Å²) >= 11 is 0. The summed E-state index contributed by atoms with van der Waals surface area (Å²) in [5.74, 6) is 4.60. The second-order valence-electron chi connectivity index (χ2n) is 3.03. The van der Waals surface area contributed by atoms with Gasteiger partial charge < -0.3 is 5.11 Å². The molecular formula is C12H11FO2. The summed E-state index contributed by atoms with van der Waals surface area (Å²) in [5, 5.41) is 8.51. The van der Waals surface area contributed by atoms with Crippen LogP contribution in [0.25, 0.3) is 0 Å². The fourth-order valence-corrected chi connectivity index (χ4v) is 1.05. The van der Waals surface area contributed by atoms with E-state index in [1.165, 1.54) is 25.1 Å². The van der Waals surface area contributed by atoms with E-state index < -0.39 is 5.82 Å². The van der Waals surface area contributed by atoms with Crippen molar-refractivity contribution in [1.29, 1.82) is 0 Å². The highest BCUT2D eigenvalue weighted by atomic mass is 19.1. The largest absolute Gasteiger partial charge is 0.395 e. The van der Waals surface area contributed by atoms with Crippen LogP contribution >= 0.6 is 0 Å². The van der Waals surface area contributed by atoms with E-state index in [0.29, 0.717) is 12.0 Å². The number of hydrogen-bond donors (Lipinski definition) is 1. The Morgan fingerprint density at radius 3 is 2.87 bits per heavy atom. The third-order valence-electron chi connectivity index (χ3n) is 1.83. The minimum Gasteiger partial charge on any atom is -0.395 e. The van der Waals surface area contributed by atoms with Gasteiger partial charge in [0.15, 0.2) is 5.78 Å². The van der Waals surface area contributed by atoms with Crippen LogP contribution in [0.5, 0.6) is 0 Å². The molecule has 2 nitrogen and oxygen atoms in total. The Morgan fingerprint density at radius 1 is 1.53 bits per heavy atom. The minimum atomic E-state index is -0.453. The molecule has 0 bridgehead atoms. The zero-order valence-corrected chi connectivity index (χ0v) is 8.38. The molecule has 0 fully saturated rings. The van der Waals surface area contributed by atoms with Crippen molar-refractivity contribution >= 4 is 5.78 Å². The third kappa shape index (κ3) is 3.19. The van der Waals surface area contributed by atoms with Crippen molar-refractivity contribution < 1.29 is 14.3 Å². The lowest BCUT2D eigenvalue weighted by Crippen LogP contribution is -1.94. The number of hydrogen-bond acceptors (Lipinski definition) is 2. The van der Waals surface area contributed by atoms with Crippen molar-refractivity contribution in [2.45, 2.75) is 13.3 Å². The average molecular weight is 206 g/mol. The number of carbonyl (C=O) groups is 1. The fraction of sp³-hybridized carbons (Fsp3) is 0.250. The topological polar surface area (TPSA) is 37.3 Å².